The van der Waals surface area contributed by atoms with Crippen molar-refractivity contribution in [1.29, 1.82) is 0 Å². The van der Waals surface area contributed by atoms with Crippen LogP contribution in [0.4, 0.5) is 17.3 Å². The van der Waals surface area contributed by atoms with E-state index in [2.05, 4.69) is 5.32 Å². The Morgan fingerprint density at radius 3 is 2.48 bits per heavy atom. The molecule has 1 aromatic rings. The van der Waals surface area contributed by atoms with Gasteiger partial charge >= 0.3 is 19.2 Å². The van der Waals surface area contributed by atoms with Crippen molar-refractivity contribution in [2.75, 3.05) is 6.54 Å². The summed E-state index contributed by atoms with van der Waals surface area (Å²) in [7, 11) is -4.14. The molecule has 0 radical (unpaired) electrons. The van der Waals surface area contributed by atoms with Gasteiger partial charge in [0.1, 0.15) is 24.5 Å². The maximum atomic E-state index is 11.6. The standard InChI is InChI=1S/C11H15N3O4.BF4/c1-13-2-3-14(7-13)6-10(15)18-8-4-9(11(16)17)12-5-8;2-1(3,4)5/h2-3,7-9,12H,4-6H2,1H3;/q;-1/p+1/t8-,9+;/m1./s1. The number of nitrogens with one attached hydrogen (secondary N) is 1. The molecular formula is C11H16BF4N3O4. The molecule has 1 aliphatic rings. The highest BCUT2D eigenvalue weighted by Gasteiger charge is 2.31. The smallest absolute Gasteiger partial charge is 0.480 e. The topological polar surface area (TPSA) is 84.4 Å². The molecule has 12 heteroatoms. The number of imidazole rings is 1. The first kappa shape index (κ1) is 18.9. The van der Waals surface area contributed by atoms with Crippen LogP contribution in [-0.4, -0.2) is 47.6 Å². The number of carboxylic acid groups (broad SMARTS) is 1. The van der Waals surface area contributed by atoms with Crippen molar-refractivity contribution >= 4 is 19.2 Å². The molecule has 7 nitrogen and oxygen atoms in total. The molecular weight excluding hydrogens is 325 g/mol. The number of ether oxygens (including phenoxy) is 1. The Bertz CT molecular complexity index is 546. The quantitative estimate of drug-likeness (QED) is 0.348. The maximum absolute atomic E-state index is 11.6. The summed E-state index contributed by atoms with van der Waals surface area (Å²) in [5, 5.41) is 11.6. The van der Waals surface area contributed by atoms with Gasteiger partial charge in [-0.05, 0) is 0 Å². The summed E-state index contributed by atoms with van der Waals surface area (Å²) >= 11 is 0. The molecule has 0 unspecified atom stereocenters. The Hall–Kier alpha value is -2.11. The number of esters is 1. The van der Waals surface area contributed by atoms with E-state index < -0.39 is 19.3 Å². The molecule has 0 amide bonds. The van der Waals surface area contributed by atoms with Crippen LogP contribution in [0, 0.1) is 0 Å². The van der Waals surface area contributed by atoms with Crippen LogP contribution < -0.4 is 9.88 Å². The minimum Gasteiger partial charge on any atom is -0.480 e. The van der Waals surface area contributed by atoms with E-state index in [1.807, 2.05) is 17.8 Å². The highest BCUT2D eigenvalue weighted by Crippen LogP contribution is 2.11. The number of nitrogens with zero attached hydrogens (tertiary/aromatic N) is 2. The van der Waals surface area contributed by atoms with Crippen molar-refractivity contribution in [2.24, 2.45) is 7.05 Å². The number of carboxylic acids is 1. The summed E-state index contributed by atoms with van der Waals surface area (Å²) in [5.74, 6) is -1.27. The predicted molar refractivity (Wildman–Crippen MR) is 69.7 cm³/mol. The molecule has 2 N–H and O–H groups in total. The van der Waals surface area contributed by atoms with Gasteiger partial charge in [0.25, 0.3) is 0 Å². The van der Waals surface area contributed by atoms with Crippen LogP contribution >= 0.6 is 0 Å². The van der Waals surface area contributed by atoms with Crippen molar-refractivity contribution < 1.29 is 41.3 Å². The molecule has 0 saturated carbocycles. The number of hydrogen-bond acceptors (Lipinski definition) is 4. The summed E-state index contributed by atoms with van der Waals surface area (Å²) in [4.78, 5) is 22.3. The third-order valence-electron chi connectivity index (χ3n) is 2.82. The van der Waals surface area contributed by atoms with Crippen molar-refractivity contribution in [2.45, 2.75) is 25.1 Å². The first-order valence-corrected chi connectivity index (χ1v) is 6.58. The summed E-state index contributed by atoms with van der Waals surface area (Å²) < 4.78 is 47.7. The molecule has 0 aliphatic carbocycles. The predicted octanol–water partition coefficient (Wildman–Crippen LogP) is -0.0291. The largest absolute Gasteiger partial charge is 0.673 e. The fourth-order valence-corrected chi connectivity index (χ4v) is 1.95. The lowest BCUT2D eigenvalue weighted by molar-refractivity contribution is -0.671. The van der Waals surface area contributed by atoms with E-state index in [1.54, 1.807) is 17.1 Å². The number of aryl methyl sites for hydroxylation is 1. The average Bonchev–Trinajstić information content (AvgIpc) is 2.96. The molecule has 1 saturated heterocycles. The molecule has 0 spiro atoms. The van der Waals surface area contributed by atoms with Crippen LogP contribution in [0.5, 0.6) is 0 Å². The number of hydrogen-bond donors (Lipinski definition) is 2. The first-order valence-electron chi connectivity index (χ1n) is 6.58. The zero-order valence-corrected chi connectivity index (χ0v) is 12.2. The molecule has 2 rings (SSSR count). The van der Waals surface area contributed by atoms with E-state index in [-0.39, 0.29) is 18.6 Å². The van der Waals surface area contributed by atoms with Crippen LogP contribution in [0.3, 0.4) is 0 Å². The van der Waals surface area contributed by atoms with E-state index in [1.165, 1.54) is 0 Å². The van der Waals surface area contributed by atoms with E-state index in [0.717, 1.165) is 0 Å². The van der Waals surface area contributed by atoms with Crippen LogP contribution in [0.15, 0.2) is 18.7 Å². The van der Waals surface area contributed by atoms with Crippen molar-refractivity contribution in [3.63, 3.8) is 0 Å². The van der Waals surface area contributed by atoms with Gasteiger partial charge < -0.3 is 32.4 Å². The molecule has 1 aliphatic heterocycles. The highest BCUT2D eigenvalue weighted by atomic mass is 19.5. The first-order chi connectivity index (χ1) is 10.5. The molecule has 0 bridgehead atoms. The zero-order chi connectivity index (χ0) is 17.6. The summed E-state index contributed by atoms with van der Waals surface area (Å²) in [6, 6.07) is -0.618. The van der Waals surface area contributed by atoms with Crippen LogP contribution in [-0.2, 0) is 27.9 Å². The van der Waals surface area contributed by atoms with Gasteiger partial charge in [0.05, 0.1) is 7.05 Å². The Balaban J connectivity index is 0.000000463. The molecule has 23 heavy (non-hydrogen) atoms. The lowest BCUT2D eigenvalue weighted by atomic mass is 10.2. The van der Waals surface area contributed by atoms with Gasteiger partial charge in [-0.1, -0.05) is 0 Å². The van der Waals surface area contributed by atoms with Crippen molar-refractivity contribution in [1.82, 2.24) is 9.88 Å². The average molecular weight is 341 g/mol. The SMILES string of the molecule is C[n+]1ccn(CC(=O)O[C@H]2CN[C@H](C(=O)O)C2)c1.F[B-](F)(F)F. The van der Waals surface area contributed by atoms with Gasteiger partial charge in [0, 0.05) is 13.0 Å². The van der Waals surface area contributed by atoms with Gasteiger partial charge in [-0.15, -0.1) is 0 Å². The Kier molecular flexibility index (Phi) is 6.55. The summed E-state index contributed by atoms with van der Waals surface area (Å²) in [6.07, 6.45) is 5.33. The van der Waals surface area contributed by atoms with E-state index in [9.17, 15) is 26.9 Å². The lowest BCUT2D eigenvalue weighted by Gasteiger charge is -2.09. The van der Waals surface area contributed by atoms with Crippen molar-refractivity contribution in [3.8, 4) is 0 Å². The minimum absolute atomic E-state index is 0.134. The number of halogens is 4. The van der Waals surface area contributed by atoms with Gasteiger partial charge in [-0.25, -0.2) is 13.9 Å². The Labute approximate surface area is 128 Å². The number of aliphatic carboxylic acids is 1. The summed E-state index contributed by atoms with van der Waals surface area (Å²) in [6.45, 7) is 0.525. The number of aromatic nitrogens is 2. The van der Waals surface area contributed by atoms with Crippen LogP contribution in [0.1, 0.15) is 6.42 Å². The highest BCUT2D eigenvalue weighted by molar-refractivity contribution is 6.50. The van der Waals surface area contributed by atoms with Gasteiger partial charge in [-0.3, -0.25) is 4.79 Å². The van der Waals surface area contributed by atoms with Crippen molar-refractivity contribution in [3.05, 3.63) is 18.7 Å². The van der Waals surface area contributed by atoms with Gasteiger partial charge in [-0.2, -0.15) is 0 Å². The lowest BCUT2D eigenvalue weighted by Crippen LogP contribution is -2.30. The molecule has 1 fully saturated rings. The van der Waals surface area contributed by atoms with E-state index >= 15 is 0 Å². The second-order valence-electron chi connectivity index (χ2n) is 4.89. The maximum Gasteiger partial charge on any atom is 0.673 e. The minimum atomic E-state index is -6.00. The number of carbonyl (C=O) groups is 2. The normalized spacial score (nSPS) is 20.6. The molecule has 2 atom stereocenters. The van der Waals surface area contributed by atoms with Crippen LogP contribution in [0.25, 0.3) is 0 Å². The fraction of sp³-hybridized carbons (Fsp3) is 0.545. The summed E-state index contributed by atoms with van der Waals surface area (Å²) in [5.41, 5.74) is 0. The van der Waals surface area contributed by atoms with Crippen LogP contribution in [0.2, 0.25) is 0 Å². The fourth-order valence-electron chi connectivity index (χ4n) is 1.95. The van der Waals surface area contributed by atoms with E-state index in [0.29, 0.717) is 13.0 Å². The second kappa shape index (κ2) is 7.95. The van der Waals surface area contributed by atoms with E-state index in [4.69, 9.17) is 9.84 Å². The van der Waals surface area contributed by atoms with Gasteiger partial charge in [0.2, 0.25) is 6.33 Å². The molecule has 2 heterocycles. The van der Waals surface area contributed by atoms with Gasteiger partial charge in [0.15, 0.2) is 6.54 Å². The second-order valence-corrected chi connectivity index (χ2v) is 4.89. The number of rotatable bonds is 4. The monoisotopic (exact) mass is 341 g/mol. The zero-order valence-electron chi connectivity index (χ0n) is 12.2. The molecule has 1 aromatic heterocycles. The molecule has 130 valence electrons. The Morgan fingerprint density at radius 1 is 1.43 bits per heavy atom. The third-order valence-corrected chi connectivity index (χ3v) is 2.82. The molecule has 0 aromatic carbocycles. The third kappa shape index (κ3) is 8.19. The Morgan fingerprint density at radius 2 is 2.04 bits per heavy atom. The number of carbonyl (C=O) groups excluding carboxylic acids is 1.